The van der Waals surface area contributed by atoms with E-state index in [1.165, 1.54) is 4.90 Å². The smallest absolute Gasteiger partial charge is 0.244 e. The van der Waals surface area contributed by atoms with Crippen LogP contribution in [-0.4, -0.2) is 13.0 Å². The Kier molecular flexibility index (Phi) is 4.45. The monoisotopic (exact) mass is 241 g/mol. The maximum absolute atomic E-state index is 12.2. The van der Waals surface area contributed by atoms with E-state index in [9.17, 15) is 4.79 Å². The molecular weight excluding hydrogens is 226 g/mol. The van der Waals surface area contributed by atoms with E-state index in [2.05, 4.69) is 0 Å². The first-order chi connectivity index (χ1) is 8.52. The van der Waals surface area contributed by atoms with E-state index < -0.39 is 5.92 Å². The van der Waals surface area contributed by atoms with Gasteiger partial charge in [0.15, 0.2) is 0 Å². The van der Waals surface area contributed by atoms with Crippen molar-refractivity contribution >= 4 is 11.6 Å². The number of amides is 1. The van der Waals surface area contributed by atoms with Gasteiger partial charge in [-0.25, -0.2) is 0 Å². The van der Waals surface area contributed by atoms with Gasteiger partial charge >= 0.3 is 0 Å². The zero-order chi connectivity index (χ0) is 13.7. The third-order valence-corrected chi connectivity index (χ3v) is 2.79. The maximum Gasteiger partial charge on any atom is 0.244 e. The number of carbonyl (C=O) groups excluding carboxylic acids is 1. The Labute approximate surface area is 107 Å². The highest BCUT2D eigenvalue weighted by atomic mass is 16.2. The molecule has 0 bridgehead atoms. The molecule has 0 aliphatic rings. The molecule has 0 N–H and O–H groups in total. The molecule has 0 spiro atoms. The molecule has 92 valence electrons. The fourth-order valence-corrected chi connectivity index (χ4v) is 1.68. The van der Waals surface area contributed by atoms with Crippen molar-refractivity contribution in [1.29, 1.82) is 10.5 Å². The molecule has 0 saturated carbocycles. The first kappa shape index (κ1) is 13.7. The van der Waals surface area contributed by atoms with Gasteiger partial charge in [-0.3, -0.25) is 4.79 Å². The molecule has 1 atom stereocenters. The summed E-state index contributed by atoms with van der Waals surface area (Å²) >= 11 is 0. The lowest BCUT2D eigenvalue weighted by atomic mass is 9.95. The number of hydrogen-bond donors (Lipinski definition) is 0. The van der Waals surface area contributed by atoms with Gasteiger partial charge in [0.25, 0.3) is 0 Å². The van der Waals surface area contributed by atoms with Gasteiger partial charge in [-0.05, 0) is 18.1 Å². The molecule has 1 unspecified atom stereocenters. The maximum atomic E-state index is 12.2. The minimum absolute atomic E-state index is 0.0563. The van der Waals surface area contributed by atoms with Crippen molar-refractivity contribution in [3.05, 3.63) is 29.8 Å². The summed E-state index contributed by atoms with van der Waals surface area (Å²) in [5.41, 5.74) is 0.958. The van der Waals surface area contributed by atoms with Gasteiger partial charge in [-0.1, -0.05) is 26.0 Å². The van der Waals surface area contributed by atoms with E-state index in [0.717, 1.165) is 0 Å². The molecule has 1 aromatic carbocycles. The van der Waals surface area contributed by atoms with Gasteiger partial charge in [0.1, 0.15) is 12.0 Å². The molecule has 1 aromatic rings. The van der Waals surface area contributed by atoms with E-state index in [4.69, 9.17) is 10.5 Å². The molecule has 1 rings (SSSR count). The van der Waals surface area contributed by atoms with E-state index in [-0.39, 0.29) is 11.8 Å². The van der Waals surface area contributed by atoms with Crippen LogP contribution in [0.4, 0.5) is 5.69 Å². The first-order valence-electron chi connectivity index (χ1n) is 5.69. The Morgan fingerprint density at radius 3 is 2.39 bits per heavy atom. The second-order valence-corrected chi connectivity index (χ2v) is 4.38. The molecule has 4 nitrogen and oxygen atoms in total. The number of nitrogens with zero attached hydrogens (tertiary/aromatic N) is 3. The van der Waals surface area contributed by atoms with Crippen LogP contribution < -0.4 is 4.90 Å². The van der Waals surface area contributed by atoms with Crippen molar-refractivity contribution in [3.63, 3.8) is 0 Å². The van der Waals surface area contributed by atoms with Crippen LogP contribution in [0.5, 0.6) is 0 Å². The average Bonchev–Trinajstić information content (AvgIpc) is 2.38. The summed E-state index contributed by atoms with van der Waals surface area (Å²) in [6.07, 6.45) is 0. The standard InChI is InChI=1S/C14H15N3O/c1-10(2)12(9-16)14(18)17(3)13-7-5-4-6-11(13)8-15/h4-7,10,12H,1-3H3. The molecule has 0 saturated heterocycles. The van der Waals surface area contributed by atoms with Crippen LogP contribution in [0.3, 0.4) is 0 Å². The van der Waals surface area contributed by atoms with Gasteiger partial charge in [0.2, 0.25) is 5.91 Å². The van der Waals surface area contributed by atoms with Crippen LogP contribution in [-0.2, 0) is 4.79 Å². The fraction of sp³-hybridized carbons (Fsp3) is 0.357. The number of benzene rings is 1. The molecule has 4 heteroatoms. The Morgan fingerprint density at radius 1 is 1.28 bits per heavy atom. The fourth-order valence-electron chi connectivity index (χ4n) is 1.68. The molecular formula is C14H15N3O. The predicted octanol–water partition coefficient (Wildman–Crippen LogP) is 2.32. The van der Waals surface area contributed by atoms with Gasteiger partial charge in [0, 0.05) is 7.05 Å². The van der Waals surface area contributed by atoms with Crippen LogP contribution in [0.2, 0.25) is 0 Å². The summed E-state index contributed by atoms with van der Waals surface area (Å²) in [5, 5.41) is 18.0. The third-order valence-electron chi connectivity index (χ3n) is 2.79. The van der Waals surface area contributed by atoms with E-state index >= 15 is 0 Å². The normalized spacial score (nSPS) is 11.4. The van der Waals surface area contributed by atoms with Gasteiger partial charge in [-0.2, -0.15) is 10.5 Å². The Hall–Kier alpha value is -2.33. The molecule has 18 heavy (non-hydrogen) atoms. The largest absolute Gasteiger partial charge is 0.313 e. The number of nitriles is 2. The zero-order valence-electron chi connectivity index (χ0n) is 10.7. The highest BCUT2D eigenvalue weighted by Crippen LogP contribution is 2.22. The lowest BCUT2D eigenvalue weighted by Gasteiger charge is -2.22. The average molecular weight is 241 g/mol. The lowest BCUT2D eigenvalue weighted by molar-refractivity contribution is -0.121. The Balaban J connectivity index is 3.08. The molecule has 0 heterocycles. The van der Waals surface area contributed by atoms with Crippen LogP contribution in [0.25, 0.3) is 0 Å². The van der Waals surface area contributed by atoms with Crippen LogP contribution in [0.15, 0.2) is 24.3 Å². The second-order valence-electron chi connectivity index (χ2n) is 4.38. The number of carbonyl (C=O) groups is 1. The summed E-state index contributed by atoms with van der Waals surface area (Å²) < 4.78 is 0. The molecule has 0 aromatic heterocycles. The van der Waals surface area contributed by atoms with Crippen LogP contribution in [0, 0.1) is 34.5 Å². The first-order valence-corrected chi connectivity index (χ1v) is 5.69. The zero-order valence-corrected chi connectivity index (χ0v) is 10.7. The Morgan fingerprint density at radius 2 is 1.89 bits per heavy atom. The van der Waals surface area contributed by atoms with Crippen LogP contribution >= 0.6 is 0 Å². The topological polar surface area (TPSA) is 67.9 Å². The summed E-state index contributed by atoms with van der Waals surface area (Å²) in [4.78, 5) is 13.6. The van der Waals surface area contributed by atoms with Crippen molar-refractivity contribution in [2.75, 3.05) is 11.9 Å². The molecule has 1 amide bonds. The van der Waals surface area contributed by atoms with Gasteiger partial charge < -0.3 is 4.90 Å². The van der Waals surface area contributed by atoms with Crippen LogP contribution in [0.1, 0.15) is 19.4 Å². The summed E-state index contributed by atoms with van der Waals surface area (Å²) in [5.74, 6) is -1.03. The highest BCUT2D eigenvalue weighted by molar-refractivity contribution is 5.97. The number of hydrogen-bond acceptors (Lipinski definition) is 3. The van der Waals surface area contributed by atoms with Gasteiger partial charge in [-0.15, -0.1) is 0 Å². The summed E-state index contributed by atoms with van der Waals surface area (Å²) in [7, 11) is 1.59. The highest BCUT2D eigenvalue weighted by Gasteiger charge is 2.26. The van der Waals surface area contributed by atoms with Gasteiger partial charge in [0.05, 0.1) is 17.3 Å². The van der Waals surface area contributed by atoms with E-state index in [1.54, 1.807) is 31.3 Å². The summed E-state index contributed by atoms with van der Waals surface area (Å²) in [6, 6.07) is 10.9. The lowest BCUT2D eigenvalue weighted by Crippen LogP contribution is -2.35. The molecule has 0 aliphatic heterocycles. The molecule has 0 radical (unpaired) electrons. The van der Waals surface area contributed by atoms with Crippen molar-refractivity contribution in [2.24, 2.45) is 11.8 Å². The molecule has 0 aliphatic carbocycles. The quantitative estimate of drug-likeness (QED) is 0.815. The third kappa shape index (κ3) is 2.67. The minimum atomic E-state index is -0.693. The SMILES string of the molecule is CC(C)C(C#N)C(=O)N(C)c1ccccc1C#N. The van der Waals surface area contributed by atoms with Crippen molar-refractivity contribution in [2.45, 2.75) is 13.8 Å². The molecule has 0 fully saturated rings. The Bertz CT molecular complexity index is 523. The van der Waals surface area contributed by atoms with E-state index in [0.29, 0.717) is 11.3 Å². The van der Waals surface area contributed by atoms with Crippen molar-refractivity contribution in [1.82, 2.24) is 0 Å². The number of anilines is 1. The van der Waals surface area contributed by atoms with Crippen molar-refractivity contribution in [3.8, 4) is 12.1 Å². The number of para-hydroxylation sites is 1. The predicted molar refractivity (Wildman–Crippen MR) is 68.5 cm³/mol. The van der Waals surface area contributed by atoms with E-state index in [1.807, 2.05) is 26.0 Å². The minimum Gasteiger partial charge on any atom is -0.313 e. The second kappa shape index (κ2) is 5.84. The van der Waals surface area contributed by atoms with Crippen molar-refractivity contribution < 1.29 is 4.79 Å². The summed E-state index contributed by atoms with van der Waals surface area (Å²) in [6.45, 7) is 3.66. The number of rotatable bonds is 3.